The Balaban J connectivity index is 3.22. The van der Waals surface area contributed by atoms with E-state index in [1.165, 1.54) is 12.8 Å². The zero-order chi connectivity index (χ0) is 8.69. The molecule has 0 aromatic rings. The van der Waals surface area contributed by atoms with Gasteiger partial charge in [0.1, 0.15) is 0 Å². The second-order valence-electron chi connectivity index (χ2n) is 2.91. The van der Waals surface area contributed by atoms with Crippen LogP contribution in [0, 0.1) is 0 Å². The molecule has 0 fully saturated rings. The molecule has 0 saturated heterocycles. The molecule has 0 aromatic carbocycles. The molecular weight excluding hydrogens is 140 g/mol. The lowest BCUT2D eigenvalue weighted by molar-refractivity contribution is 0.245. The number of nitrogens with one attached hydrogen (secondary N) is 1. The summed E-state index contributed by atoms with van der Waals surface area (Å²) < 4.78 is 0. The zero-order valence-corrected chi connectivity index (χ0v) is 7.39. The fraction of sp³-hybridized carbons (Fsp3) is 0.875. The Morgan fingerprint density at radius 3 is 2.64 bits per heavy atom. The van der Waals surface area contributed by atoms with Gasteiger partial charge < -0.3 is 11.1 Å². The Morgan fingerprint density at radius 2 is 2.18 bits per heavy atom. The van der Waals surface area contributed by atoms with Crippen LogP contribution in [0.15, 0.2) is 0 Å². The van der Waals surface area contributed by atoms with Crippen molar-refractivity contribution in [3.63, 3.8) is 0 Å². The lowest BCUT2D eigenvalue weighted by Gasteiger charge is -2.10. The third kappa shape index (κ3) is 7.16. The lowest BCUT2D eigenvalue weighted by atomic mass is 10.1. The van der Waals surface area contributed by atoms with Crippen LogP contribution in [-0.2, 0) is 0 Å². The molecule has 0 radical (unpaired) electrons. The van der Waals surface area contributed by atoms with Gasteiger partial charge in [-0.15, -0.1) is 0 Å². The van der Waals surface area contributed by atoms with Crippen LogP contribution in [0.1, 0.15) is 39.5 Å². The monoisotopic (exact) mass is 158 g/mol. The third-order valence-electron chi connectivity index (χ3n) is 1.63. The van der Waals surface area contributed by atoms with Gasteiger partial charge in [-0.3, -0.25) is 0 Å². The van der Waals surface area contributed by atoms with Crippen LogP contribution in [0.3, 0.4) is 0 Å². The normalized spacial score (nSPS) is 12.5. The van der Waals surface area contributed by atoms with Gasteiger partial charge in [0.15, 0.2) is 0 Å². The molecule has 0 saturated carbocycles. The summed E-state index contributed by atoms with van der Waals surface area (Å²) in [4.78, 5) is 10.4. The average molecular weight is 158 g/mol. The summed E-state index contributed by atoms with van der Waals surface area (Å²) in [7, 11) is 0. The fourth-order valence-corrected chi connectivity index (χ4v) is 1.02. The highest BCUT2D eigenvalue weighted by molar-refractivity contribution is 5.71. The van der Waals surface area contributed by atoms with Crippen molar-refractivity contribution in [3.8, 4) is 0 Å². The van der Waals surface area contributed by atoms with E-state index >= 15 is 0 Å². The molecule has 3 N–H and O–H groups in total. The number of hydrogen-bond donors (Lipinski definition) is 2. The topological polar surface area (TPSA) is 55.1 Å². The van der Waals surface area contributed by atoms with Crippen molar-refractivity contribution in [2.24, 2.45) is 5.73 Å². The maximum atomic E-state index is 10.4. The molecule has 0 aliphatic carbocycles. The van der Waals surface area contributed by atoms with Crippen LogP contribution in [0.5, 0.6) is 0 Å². The quantitative estimate of drug-likeness (QED) is 0.587. The molecule has 0 aliphatic heterocycles. The summed E-state index contributed by atoms with van der Waals surface area (Å²) in [5.41, 5.74) is 4.95. The van der Waals surface area contributed by atoms with Crippen molar-refractivity contribution in [2.45, 2.75) is 45.6 Å². The smallest absolute Gasteiger partial charge is 0.312 e. The largest absolute Gasteiger partial charge is 0.352 e. The van der Waals surface area contributed by atoms with E-state index in [1.54, 1.807) is 0 Å². The van der Waals surface area contributed by atoms with Gasteiger partial charge in [0.2, 0.25) is 0 Å². The van der Waals surface area contributed by atoms with Crippen LogP contribution in [-0.4, -0.2) is 12.1 Å². The summed E-state index contributed by atoms with van der Waals surface area (Å²) in [6.07, 6.45) is 4.63. The number of carbonyl (C=O) groups is 1. The standard InChI is InChI=1S/C8H18N2O/c1-3-4-5-6-7(2)10-8(9)11/h7H,3-6H2,1-2H3,(H3,9,10,11)/t7-/m1/s1. The molecule has 11 heavy (non-hydrogen) atoms. The average Bonchev–Trinajstić information content (AvgIpc) is 1.86. The van der Waals surface area contributed by atoms with Crippen molar-refractivity contribution in [1.82, 2.24) is 5.32 Å². The summed E-state index contributed by atoms with van der Waals surface area (Å²) in [5.74, 6) is 0. The van der Waals surface area contributed by atoms with E-state index in [4.69, 9.17) is 5.73 Å². The Labute approximate surface area is 68.3 Å². The number of amides is 2. The first kappa shape index (κ1) is 10.3. The molecule has 0 heterocycles. The molecule has 0 bridgehead atoms. The Hall–Kier alpha value is -0.730. The first-order chi connectivity index (χ1) is 5.16. The van der Waals surface area contributed by atoms with E-state index in [0.29, 0.717) is 0 Å². The summed E-state index contributed by atoms with van der Waals surface area (Å²) >= 11 is 0. The first-order valence-electron chi connectivity index (χ1n) is 4.22. The van der Waals surface area contributed by atoms with Gasteiger partial charge >= 0.3 is 6.03 Å². The highest BCUT2D eigenvalue weighted by atomic mass is 16.2. The maximum absolute atomic E-state index is 10.4. The Morgan fingerprint density at radius 1 is 1.55 bits per heavy atom. The minimum absolute atomic E-state index is 0.221. The van der Waals surface area contributed by atoms with E-state index in [9.17, 15) is 4.79 Å². The van der Waals surface area contributed by atoms with Crippen LogP contribution < -0.4 is 11.1 Å². The van der Waals surface area contributed by atoms with Crippen molar-refractivity contribution in [1.29, 1.82) is 0 Å². The highest BCUT2D eigenvalue weighted by Crippen LogP contribution is 2.01. The number of rotatable bonds is 5. The van der Waals surface area contributed by atoms with Gasteiger partial charge in [-0.1, -0.05) is 26.2 Å². The number of unbranched alkanes of at least 4 members (excludes halogenated alkanes) is 2. The second kappa shape index (κ2) is 6.01. The van der Waals surface area contributed by atoms with Crippen molar-refractivity contribution in [2.75, 3.05) is 0 Å². The van der Waals surface area contributed by atoms with Gasteiger partial charge in [-0.2, -0.15) is 0 Å². The SMILES string of the molecule is CCCCC[C@@H](C)NC(N)=O. The molecule has 3 nitrogen and oxygen atoms in total. The molecule has 2 amide bonds. The van der Waals surface area contributed by atoms with Crippen LogP contribution in [0.4, 0.5) is 4.79 Å². The van der Waals surface area contributed by atoms with Crippen LogP contribution >= 0.6 is 0 Å². The lowest BCUT2D eigenvalue weighted by Crippen LogP contribution is -2.36. The minimum atomic E-state index is -0.422. The molecule has 0 aromatic heterocycles. The molecule has 1 atom stereocenters. The molecule has 0 aliphatic rings. The number of carbonyl (C=O) groups excluding carboxylic acids is 1. The summed E-state index contributed by atoms with van der Waals surface area (Å²) in [6, 6.07) is -0.201. The first-order valence-corrected chi connectivity index (χ1v) is 4.22. The van der Waals surface area contributed by atoms with E-state index in [2.05, 4.69) is 12.2 Å². The van der Waals surface area contributed by atoms with Crippen molar-refractivity contribution >= 4 is 6.03 Å². The van der Waals surface area contributed by atoms with Gasteiger partial charge in [-0.05, 0) is 13.3 Å². The Kier molecular flexibility index (Phi) is 5.61. The van der Waals surface area contributed by atoms with E-state index in [1.807, 2.05) is 6.92 Å². The van der Waals surface area contributed by atoms with Crippen LogP contribution in [0.25, 0.3) is 0 Å². The number of urea groups is 1. The molecular formula is C8H18N2O. The summed E-state index contributed by atoms with van der Waals surface area (Å²) in [6.45, 7) is 4.13. The van der Waals surface area contributed by atoms with Gasteiger partial charge in [0.05, 0.1) is 0 Å². The van der Waals surface area contributed by atoms with Gasteiger partial charge in [0, 0.05) is 6.04 Å². The predicted molar refractivity (Wildman–Crippen MR) is 46.3 cm³/mol. The summed E-state index contributed by atoms with van der Waals surface area (Å²) in [5, 5.41) is 2.64. The molecule has 0 unspecified atom stereocenters. The predicted octanol–water partition coefficient (Wildman–Crippen LogP) is 1.62. The van der Waals surface area contributed by atoms with Crippen LogP contribution in [0.2, 0.25) is 0 Å². The van der Waals surface area contributed by atoms with Crippen molar-refractivity contribution < 1.29 is 4.79 Å². The van der Waals surface area contributed by atoms with Gasteiger partial charge in [0.25, 0.3) is 0 Å². The zero-order valence-electron chi connectivity index (χ0n) is 7.39. The number of hydrogen-bond acceptors (Lipinski definition) is 1. The number of primary amides is 1. The third-order valence-corrected chi connectivity index (χ3v) is 1.63. The molecule has 66 valence electrons. The molecule has 3 heteroatoms. The second-order valence-corrected chi connectivity index (χ2v) is 2.91. The molecule has 0 rings (SSSR count). The van der Waals surface area contributed by atoms with Gasteiger partial charge in [-0.25, -0.2) is 4.79 Å². The maximum Gasteiger partial charge on any atom is 0.312 e. The highest BCUT2D eigenvalue weighted by Gasteiger charge is 2.01. The Bertz CT molecular complexity index is 115. The van der Waals surface area contributed by atoms with Crippen molar-refractivity contribution in [3.05, 3.63) is 0 Å². The fourth-order valence-electron chi connectivity index (χ4n) is 1.02. The molecule has 0 spiro atoms. The number of nitrogens with two attached hydrogens (primary N) is 1. The van der Waals surface area contributed by atoms with E-state index < -0.39 is 6.03 Å². The van der Waals surface area contributed by atoms with E-state index in [0.717, 1.165) is 12.8 Å². The van der Waals surface area contributed by atoms with E-state index in [-0.39, 0.29) is 6.04 Å². The minimum Gasteiger partial charge on any atom is -0.352 e.